The lowest BCUT2D eigenvalue weighted by atomic mass is 9.72. The number of ether oxygens (including phenoxy) is 1. The number of nitrogens with two attached hydrogens (primary N) is 1. The standard InChI is InChI=1S/C17H22N4O4/c18-14(22)12-9-13(11-19-10-12)20-15(23)16(24)21-5-1-17(2-6-21)3-7-25-8-4-17/h9-11H,1-8H2,(H2,18,22)(H,20,23). The molecule has 2 fully saturated rings. The number of likely N-dealkylation sites (tertiary alicyclic amines) is 1. The SMILES string of the molecule is NC(=O)c1cncc(NC(=O)C(=O)N2CCC3(CCOCC3)CC2)c1. The lowest BCUT2D eigenvalue weighted by Gasteiger charge is -2.43. The van der Waals surface area contributed by atoms with E-state index in [2.05, 4.69) is 10.3 Å². The molecule has 1 aromatic heterocycles. The molecule has 3 rings (SSSR count). The Hall–Kier alpha value is -2.48. The van der Waals surface area contributed by atoms with Crippen molar-refractivity contribution in [3.05, 3.63) is 24.0 Å². The molecule has 0 atom stereocenters. The Kier molecular flexibility index (Phi) is 4.98. The van der Waals surface area contributed by atoms with Crippen LogP contribution in [0.25, 0.3) is 0 Å². The number of piperidine rings is 1. The molecule has 0 saturated carbocycles. The molecule has 8 nitrogen and oxygen atoms in total. The van der Waals surface area contributed by atoms with Crippen LogP contribution in [-0.4, -0.2) is 53.9 Å². The quantitative estimate of drug-likeness (QED) is 0.759. The Labute approximate surface area is 145 Å². The van der Waals surface area contributed by atoms with E-state index in [9.17, 15) is 14.4 Å². The van der Waals surface area contributed by atoms with E-state index >= 15 is 0 Å². The van der Waals surface area contributed by atoms with Gasteiger partial charge in [-0.2, -0.15) is 0 Å². The molecule has 3 heterocycles. The fraction of sp³-hybridized carbons (Fsp3) is 0.529. The summed E-state index contributed by atoms with van der Waals surface area (Å²) < 4.78 is 5.42. The van der Waals surface area contributed by atoms with Crippen LogP contribution in [0, 0.1) is 5.41 Å². The Bertz CT molecular complexity index is 675. The molecular formula is C17H22N4O4. The largest absolute Gasteiger partial charge is 0.381 e. The first kappa shape index (κ1) is 17.3. The van der Waals surface area contributed by atoms with Crippen molar-refractivity contribution in [2.45, 2.75) is 25.7 Å². The first-order valence-corrected chi connectivity index (χ1v) is 8.42. The summed E-state index contributed by atoms with van der Waals surface area (Å²) in [5.41, 5.74) is 5.88. The minimum atomic E-state index is -0.730. The highest BCUT2D eigenvalue weighted by Gasteiger charge is 2.38. The number of anilines is 1. The molecule has 2 aliphatic rings. The van der Waals surface area contributed by atoms with E-state index in [0.29, 0.717) is 13.1 Å². The monoisotopic (exact) mass is 346 g/mol. The van der Waals surface area contributed by atoms with E-state index in [-0.39, 0.29) is 16.7 Å². The lowest BCUT2D eigenvalue weighted by Crippen LogP contribution is -2.48. The number of aromatic nitrogens is 1. The smallest absolute Gasteiger partial charge is 0.313 e. The number of carbonyl (C=O) groups is 3. The molecule has 1 spiro atoms. The Morgan fingerprint density at radius 3 is 2.44 bits per heavy atom. The van der Waals surface area contributed by atoms with Crippen molar-refractivity contribution in [1.82, 2.24) is 9.88 Å². The average Bonchev–Trinajstić information content (AvgIpc) is 2.62. The van der Waals surface area contributed by atoms with Gasteiger partial charge in [0, 0.05) is 32.5 Å². The summed E-state index contributed by atoms with van der Waals surface area (Å²) in [7, 11) is 0. The van der Waals surface area contributed by atoms with Crippen molar-refractivity contribution in [3.63, 3.8) is 0 Å². The number of rotatable bonds is 2. The summed E-state index contributed by atoms with van der Waals surface area (Å²) in [6.45, 7) is 2.70. The van der Waals surface area contributed by atoms with E-state index in [1.54, 1.807) is 4.90 Å². The molecule has 3 amide bonds. The summed E-state index contributed by atoms with van der Waals surface area (Å²) in [5, 5.41) is 2.48. The maximum Gasteiger partial charge on any atom is 0.313 e. The van der Waals surface area contributed by atoms with E-state index in [1.807, 2.05) is 0 Å². The molecule has 0 aromatic carbocycles. The number of hydrogen-bond acceptors (Lipinski definition) is 5. The highest BCUT2D eigenvalue weighted by Crippen LogP contribution is 2.40. The summed E-state index contributed by atoms with van der Waals surface area (Å²) in [6, 6.07) is 1.40. The Balaban J connectivity index is 1.57. The van der Waals surface area contributed by atoms with Gasteiger partial charge in [0.2, 0.25) is 5.91 Å². The van der Waals surface area contributed by atoms with Gasteiger partial charge in [-0.1, -0.05) is 0 Å². The minimum Gasteiger partial charge on any atom is -0.381 e. The average molecular weight is 346 g/mol. The van der Waals surface area contributed by atoms with Crippen LogP contribution in [0.2, 0.25) is 0 Å². The Morgan fingerprint density at radius 1 is 1.12 bits per heavy atom. The predicted molar refractivity (Wildman–Crippen MR) is 89.7 cm³/mol. The maximum absolute atomic E-state index is 12.4. The van der Waals surface area contributed by atoms with Gasteiger partial charge in [-0.25, -0.2) is 0 Å². The van der Waals surface area contributed by atoms with E-state index < -0.39 is 17.7 Å². The molecule has 2 aliphatic heterocycles. The van der Waals surface area contributed by atoms with Crippen LogP contribution in [0.4, 0.5) is 5.69 Å². The molecule has 0 unspecified atom stereocenters. The van der Waals surface area contributed by atoms with Crippen molar-refractivity contribution in [2.75, 3.05) is 31.6 Å². The second-order valence-corrected chi connectivity index (χ2v) is 6.69. The number of carbonyl (C=O) groups excluding carboxylic acids is 3. The van der Waals surface area contributed by atoms with Gasteiger partial charge in [0.1, 0.15) is 0 Å². The fourth-order valence-corrected chi connectivity index (χ4v) is 3.46. The van der Waals surface area contributed by atoms with Gasteiger partial charge in [-0.05, 0) is 37.2 Å². The van der Waals surface area contributed by atoms with Crippen LogP contribution in [0.3, 0.4) is 0 Å². The van der Waals surface area contributed by atoms with Crippen LogP contribution in [0.15, 0.2) is 18.5 Å². The molecule has 25 heavy (non-hydrogen) atoms. The third kappa shape index (κ3) is 3.96. The molecular weight excluding hydrogens is 324 g/mol. The van der Waals surface area contributed by atoms with Crippen LogP contribution >= 0.6 is 0 Å². The molecule has 1 aromatic rings. The van der Waals surface area contributed by atoms with Crippen LogP contribution in [-0.2, 0) is 14.3 Å². The van der Waals surface area contributed by atoms with Crippen molar-refractivity contribution in [3.8, 4) is 0 Å². The molecule has 0 radical (unpaired) electrons. The van der Waals surface area contributed by atoms with Crippen LogP contribution < -0.4 is 11.1 Å². The zero-order valence-electron chi connectivity index (χ0n) is 14.0. The first-order chi connectivity index (χ1) is 12.0. The van der Waals surface area contributed by atoms with Crippen molar-refractivity contribution in [2.24, 2.45) is 11.1 Å². The third-order valence-electron chi connectivity index (χ3n) is 5.14. The van der Waals surface area contributed by atoms with Crippen molar-refractivity contribution < 1.29 is 19.1 Å². The second-order valence-electron chi connectivity index (χ2n) is 6.69. The maximum atomic E-state index is 12.4. The molecule has 0 bridgehead atoms. The summed E-state index contributed by atoms with van der Waals surface area (Å²) >= 11 is 0. The zero-order valence-corrected chi connectivity index (χ0v) is 14.0. The lowest BCUT2D eigenvalue weighted by molar-refractivity contribution is -0.145. The van der Waals surface area contributed by atoms with Gasteiger partial charge in [0.05, 0.1) is 17.4 Å². The summed E-state index contributed by atoms with van der Waals surface area (Å²) in [6.07, 6.45) is 6.50. The van der Waals surface area contributed by atoms with Crippen molar-refractivity contribution >= 4 is 23.4 Å². The fourth-order valence-electron chi connectivity index (χ4n) is 3.46. The summed E-state index contributed by atoms with van der Waals surface area (Å²) in [5.74, 6) is -1.94. The van der Waals surface area contributed by atoms with Gasteiger partial charge in [0.25, 0.3) is 0 Å². The van der Waals surface area contributed by atoms with Crippen molar-refractivity contribution in [1.29, 1.82) is 0 Å². The first-order valence-electron chi connectivity index (χ1n) is 8.42. The highest BCUT2D eigenvalue weighted by molar-refractivity contribution is 6.39. The number of amides is 3. The zero-order chi connectivity index (χ0) is 17.9. The predicted octanol–water partition coefficient (Wildman–Crippen LogP) is 0.538. The normalized spacial score (nSPS) is 19.4. The molecule has 3 N–H and O–H groups in total. The number of pyridine rings is 1. The van der Waals surface area contributed by atoms with Gasteiger partial charge in [-0.3, -0.25) is 19.4 Å². The third-order valence-corrected chi connectivity index (χ3v) is 5.14. The Morgan fingerprint density at radius 2 is 1.80 bits per heavy atom. The molecule has 2 saturated heterocycles. The van der Waals surface area contributed by atoms with E-state index in [4.69, 9.17) is 10.5 Å². The van der Waals surface area contributed by atoms with E-state index in [0.717, 1.165) is 38.9 Å². The van der Waals surface area contributed by atoms with Gasteiger partial charge >= 0.3 is 11.8 Å². The number of primary amides is 1. The van der Waals surface area contributed by atoms with Gasteiger partial charge in [-0.15, -0.1) is 0 Å². The second kappa shape index (κ2) is 7.18. The minimum absolute atomic E-state index is 0.171. The molecule has 8 heteroatoms. The number of nitrogens with one attached hydrogen (secondary N) is 1. The molecule has 0 aliphatic carbocycles. The summed E-state index contributed by atoms with van der Waals surface area (Å²) in [4.78, 5) is 41.1. The number of nitrogens with zero attached hydrogens (tertiary/aromatic N) is 2. The van der Waals surface area contributed by atoms with Crippen LogP contribution in [0.5, 0.6) is 0 Å². The molecule has 134 valence electrons. The van der Waals surface area contributed by atoms with Crippen LogP contribution in [0.1, 0.15) is 36.0 Å². The highest BCUT2D eigenvalue weighted by atomic mass is 16.5. The van der Waals surface area contributed by atoms with Gasteiger partial charge in [0.15, 0.2) is 0 Å². The van der Waals surface area contributed by atoms with Gasteiger partial charge < -0.3 is 20.7 Å². The number of hydrogen-bond donors (Lipinski definition) is 2. The topological polar surface area (TPSA) is 115 Å². The van der Waals surface area contributed by atoms with E-state index in [1.165, 1.54) is 18.5 Å².